The van der Waals surface area contributed by atoms with Gasteiger partial charge < -0.3 is 0 Å². The van der Waals surface area contributed by atoms with Crippen LogP contribution < -0.4 is 11.2 Å². The summed E-state index contributed by atoms with van der Waals surface area (Å²) in [5.74, 6) is 0.697. The van der Waals surface area contributed by atoms with Crippen molar-refractivity contribution in [1.29, 1.82) is 0 Å². The fraction of sp³-hybridized carbons (Fsp3) is 0.444. The minimum atomic E-state index is -0.274. The lowest BCUT2D eigenvalue weighted by Gasteiger charge is -2.22. The second kappa shape index (κ2) is 6.34. The van der Waals surface area contributed by atoms with Crippen LogP contribution in [0.3, 0.4) is 0 Å². The molecular weight excluding hydrogens is 276 g/mol. The molecule has 1 aliphatic rings. The summed E-state index contributed by atoms with van der Waals surface area (Å²) in [6.45, 7) is 0.498. The van der Waals surface area contributed by atoms with E-state index in [0.717, 1.165) is 10.1 Å². The van der Waals surface area contributed by atoms with Gasteiger partial charge in [0.1, 0.15) is 0 Å². The normalized spacial score (nSPS) is 15.9. The highest BCUT2D eigenvalue weighted by molar-refractivity contribution is 5.26. The molecule has 22 heavy (non-hydrogen) atoms. The number of rotatable bonds is 3. The molecule has 1 aromatic heterocycles. The van der Waals surface area contributed by atoms with Crippen molar-refractivity contribution in [3.05, 3.63) is 68.5 Å². The molecule has 0 aliphatic heterocycles. The van der Waals surface area contributed by atoms with Crippen molar-refractivity contribution in [1.82, 2.24) is 9.13 Å². The summed E-state index contributed by atoms with van der Waals surface area (Å²) in [4.78, 5) is 23.4. The molecule has 0 saturated heterocycles. The molecule has 116 valence electrons. The SMILES string of the molecule is Cn1c(=O)ccn(Cc2ccc(C3CCCCC3)cc2)c1=O. The highest BCUT2D eigenvalue weighted by Gasteiger charge is 2.15. The molecule has 1 aliphatic carbocycles. The molecule has 1 fully saturated rings. The second-order valence-corrected chi connectivity index (χ2v) is 6.20. The minimum Gasteiger partial charge on any atom is -0.296 e. The van der Waals surface area contributed by atoms with Crippen LogP contribution in [0.15, 0.2) is 46.1 Å². The third kappa shape index (κ3) is 3.06. The Hall–Kier alpha value is -2.10. The zero-order chi connectivity index (χ0) is 15.5. The summed E-state index contributed by atoms with van der Waals surface area (Å²) < 4.78 is 2.70. The zero-order valence-corrected chi connectivity index (χ0v) is 13.0. The van der Waals surface area contributed by atoms with Gasteiger partial charge in [0.15, 0.2) is 0 Å². The van der Waals surface area contributed by atoms with Crippen molar-refractivity contribution in [3.63, 3.8) is 0 Å². The van der Waals surface area contributed by atoms with Gasteiger partial charge in [-0.3, -0.25) is 13.9 Å². The van der Waals surface area contributed by atoms with E-state index in [-0.39, 0.29) is 11.2 Å². The molecule has 0 spiro atoms. The molecule has 0 amide bonds. The van der Waals surface area contributed by atoms with E-state index in [4.69, 9.17) is 0 Å². The molecule has 1 heterocycles. The van der Waals surface area contributed by atoms with Gasteiger partial charge in [-0.05, 0) is 29.9 Å². The number of aromatic nitrogens is 2. The Bertz CT molecular complexity index is 750. The zero-order valence-electron chi connectivity index (χ0n) is 13.0. The Balaban J connectivity index is 1.78. The third-order valence-corrected chi connectivity index (χ3v) is 4.67. The monoisotopic (exact) mass is 298 g/mol. The molecule has 0 bridgehead atoms. The highest BCUT2D eigenvalue weighted by Crippen LogP contribution is 2.32. The predicted molar refractivity (Wildman–Crippen MR) is 87.3 cm³/mol. The third-order valence-electron chi connectivity index (χ3n) is 4.67. The Kier molecular flexibility index (Phi) is 4.27. The topological polar surface area (TPSA) is 44.0 Å². The summed E-state index contributed by atoms with van der Waals surface area (Å²) in [5, 5.41) is 0. The first-order valence-electron chi connectivity index (χ1n) is 8.00. The summed E-state index contributed by atoms with van der Waals surface area (Å²) in [6, 6.07) is 10.0. The average molecular weight is 298 g/mol. The lowest BCUT2D eigenvalue weighted by molar-refractivity contribution is 0.443. The van der Waals surface area contributed by atoms with Crippen LogP contribution in [0.4, 0.5) is 0 Å². The van der Waals surface area contributed by atoms with Gasteiger partial charge in [-0.25, -0.2) is 4.79 Å². The van der Waals surface area contributed by atoms with Gasteiger partial charge in [0.25, 0.3) is 5.56 Å². The molecule has 4 heteroatoms. The summed E-state index contributed by atoms with van der Waals surface area (Å²) in [5.41, 5.74) is 1.95. The molecule has 2 aromatic rings. The van der Waals surface area contributed by atoms with Crippen LogP contribution >= 0.6 is 0 Å². The van der Waals surface area contributed by atoms with Gasteiger partial charge in [-0.1, -0.05) is 43.5 Å². The van der Waals surface area contributed by atoms with Crippen molar-refractivity contribution in [3.8, 4) is 0 Å². The van der Waals surface area contributed by atoms with E-state index in [1.165, 1.54) is 50.8 Å². The molecule has 1 saturated carbocycles. The second-order valence-electron chi connectivity index (χ2n) is 6.20. The molecule has 3 rings (SSSR count). The van der Waals surface area contributed by atoms with Crippen LogP contribution in [0.2, 0.25) is 0 Å². The number of hydrogen-bond acceptors (Lipinski definition) is 2. The maximum Gasteiger partial charge on any atom is 0.331 e. The Morgan fingerprint density at radius 3 is 2.36 bits per heavy atom. The van der Waals surface area contributed by atoms with Crippen molar-refractivity contribution in [2.45, 2.75) is 44.6 Å². The molecule has 0 unspecified atom stereocenters. The van der Waals surface area contributed by atoms with Crippen molar-refractivity contribution in [2.75, 3.05) is 0 Å². The number of benzene rings is 1. The highest BCUT2D eigenvalue weighted by atomic mass is 16.2. The van der Waals surface area contributed by atoms with E-state index in [1.54, 1.807) is 10.8 Å². The van der Waals surface area contributed by atoms with Gasteiger partial charge in [0.05, 0.1) is 6.54 Å². The smallest absolute Gasteiger partial charge is 0.296 e. The first-order valence-corrected chi connectivity index (χ1v) is 8.00. The Morgan fingerprint density at radius 1 is 1.00 bits per heavy atom. The first kappa shape index (κ1) is 14.8. The van der Waals surface area contributed by atoms with E-state index < -0.39 is 0 Å². The average Bonchev–Trinajstić information content (AvgIpc) is 2.57. The van der Waals surface area contributed by atoms with Crippen molar-refractivity contribution in [2.24, 2.45) is 7.05 Å². The van der Waals surface area contributed by atoms with Crippen LogP contribution in [-0.2, 0) is 13.6 Å². The van der Waals surface area contributed by atoms with Crippen LogP contribution in [-0.4, -0.2) is 9.13 Å². The van der Waals surface area contributed by atoms with Gasteiger partial charge >= 0.3 is 5.69 Å². The summed E-state index contributed by atoms with van der Waals surface area (Å²) in [7, 11) is 1.51. The van der Waals surface area contributed by atoms with Gasteiger partial charge in [0, 0.05) is 19.3 Å². The number of nitrogens with zero attached hydrogens (tertiary/aromatic N) is 2. The van der Waals surface area contributed by atoms with Crippen LogP contribution in [0.25, 0.3) is 0 Å². The van der Waals surface area contributed by atoms with Crippen LogP contribution in [0.5, 0.6) is 0 Å². The lowest BCUT2D eigenvalue weighted by Crippen LogP contribution is -2.37. The van der Waals surface area contributed by atoms with Gasteiger partial charge in [-0.15, -0.1) is 0 Å². The van der Waals surface area contributed by atoms with E-state index >= 15 is 0 Å². The Labute approximate surface area is 130 Å². The number of hydrogen-bond donors (Lipinski definition) is 0. The summed E-state index contributed by atoms with van der Waals surface area (Å²) >= 11 is 0. The van der Waals surface area contributed by atoms with E-state index in [9.17, 15) is 9.59 Å². The molecule has 0 N–H and O–H groups in total. The van der Waals surface area contributed by atoms with E-state index in [1.807, 2.05) is 0 Å². The maximum absolute atomic E-state index is 12.0. The standard InChI is InChI=1S/C18H22N2O2/c1-19-17(21)11-12-20(18(19)22)13-14-7-9-16(10-8-14)15-5-3-2-4-6-15/h7-12,15H,2-6,13H2,1H3. The first-order chi connectivity index (χ1) is 10.6. The van der Waals surface area contributed by atoms with Crippen molar-refractivity contribution < 1.29 is 0 Å². The predicted octanol–water partition coefficient (Wildman–Crippen LogP) is 2.64. The molecular formula is C18H22N2O2. The molecule has 0 atom stereocenters. The van der Waals surface area contributed by atoms with Crippen LogP contribution in [0, 0.1) is 0 Å². The molecule has 0 radical (unpaired) electrons. The lowest BCUT2D eigenvalue weighted by atomic mass is 9.84. The fourth-order valence-electron chi connectivity index (χ4n) is 3.26. The van der Waals surface area contributed by atoms with E-state index in [0.29, 0.717) is 12.5 Å². The quantitative estimate of drug-likeness (QED) is 0.874. The molecule has 4 nitrogen and oxygen atoms in total. The largest absolute Gasteiger partial charge is 0.331 e. The summed E-state index contributed by atoms with van der Waals surface area (Å²) in [6.07, 6.45) is 8.18. The van der Waals surface area contributed by atoms with Gasteiger partial charge in [0.2, 0.25) is 0 Å². The Morgan fingerprint density at radius 2 is 1.68 bits per heavy atom. The van der Waals surface area contributed by atoms with E-state index in [2.05, 4.69) is 24.3 Å². The maximum atomic E-state index is 12.0. The molecule has 1 aromatic carbocycles. The minimum absolute atomic E-state index is 0.270. The van der Waals surface area contributed by atoms with Crippen LogP contribution in [0.1, 0.15) is 49.1 Å². The fourth-order valence-corrected chi connectivity index (χ4v) is 3.26. The van der Waals surface area contributed by atoms with Crippen molar-refractivity contribution >= 4 is 0 Å². The van der Waals surface area contributed by atoms with Gasteiger partial charge in [-0.2, -0.15) is 0 Å².